The highest BCUT2D eigenvalue weighted by molar-refractivity contribution is 6.39. The maximum Gasteiger partial charge on any atom is 0.308 e. The van der Waals surface area contributed by atoms with Crippen molar-refractivity contribution in [1.82, 2.24) is 10.7 Å². The number of hydrogen-bond donors (Lipinski definition) is 3. The summed E-state index contributed by atoms with van der Waals surface area (Å²) in [5.74, 6) is -1.45. The van der Waals surface area contributed by atoms with Gasteiger partial charge in [0.2, 0.25) is 5.91 Å². The third-order valence-electron chi connectivity index (χ3n) is 4.67. The van der Waals surface area contributed by atoms with E-state index in [1.54, 1.807) is 0 Å². The van der Waals surface area contributed by atoms with Crippen LogP contribution in [0, 0.1) is 17.8 Å². The number of hydrazone groups is 1. The van der Waals surface area contributed by atoms with Crippen LogP contribution in [0.2, 0.25) is 0 Å². The topological polar surface area (TPSA) is 108 Å². The first kappa shape index (κ1) is 13.1. The zero-order valence-corrected chi connectivity index (χ0v) is 11.0. The Morgan fingerprint density at radius 2 is 2.00 bits per heavy atom. The molecule has 0 radical (unpaired) electrons. The van der Waals surface area contributed by atoms with Gasteiger partial charge in [0.05, 0.1) is 5.92 Å². The lowest BCUT2D eigenvalue weighted by Gasteiger charge is -2.29. The molecule has 0 spiro atoms. The van der Waals surface area contributed by atoms with Gasteiger partial charge >= 0.3 is 5.97 Å². The molecule has 2 aliphatic carbocycles. The van der Waals surface area contributed by atoms with E-state index in [4.69, 9.17) is 0 Å². The van der Waals surface area contributed by atoms with Crippen LogP contribution in [0.5, 0.6) is 0 Å². The summed E-state index contributed by atoms with van der Waals surface area (Å²) >= 11 is 0. The number of hydrogen-bond acceptors (Lipinski definition) is 4. The first-order valence-corrected chi connectivity index (χ1v) is 6.95. The number of carbonyl (C=O) groups excluding carboxylic acids is 2. The van der Waals surface area contributed by atoms with Gasteiger partial charge in [-0.2, -0.15) is 5.10 Å². The summed E-state index contributed by atoms with van der Waals surface area (Å²) in [4.78, 5) is 34.5. The summed E-state index contributed by atoms with van der Waals surface area (Å²) in [6, 6.07) is -0.306. The molecule has 4 unspecified atom stereocenters. The fourth-order valence-electron chi connectivity index (χ4n) is 3.73. The molecular weight excluding hydrogens is 262 g/mol. The Kier molecular flexibility index (Phi) is 3.19. The van der Waals surface area contributed by atoms with Crippen molar-refractivity contribution < 1.29 is 19.5 Å². The molecule has 108 valence electrons. The van der Waals surface area contributed by atoms with Crippen molar-refractivity contribution in [2.75, 3.05) is 0 Å². The van der Waals surface area contributed by atoms with Crippen LogP contribution in [0.25, 0.3) is 0 Å². The number of amides is 2. The number of carboxylic acids is 1. The van der Waals surface area contributed by atoms with Crippen LogP contribution >= 0.6 is 0 Å². The minimum Gasteiger partial charge on any atom is -0.481 e. The molecule has 0 saturated heterocycles. The average molecular weight is 279 g/mol. The fourth-order valence-corrected chi connectivity index (χ4v) is 3.73. The lowest BCUT2D eigenvalue weighted by atomic mass is 9.84. The molecule has 7 nitrogen and oxygen atoms in total. The minimum atomic E-state index is -0.832. The minimum absolute atomic E-state index is 0.177. The number of carboxylic acid groups (broad SMARTS) is 1. The number of nitrogens with zero attached hydrogens (tertiary/aromatic N) is 1. The molecule has 0 aromatic carbocycles. The number of aliphatic carboxylic acids is 1. The molecule has 2 amide bonds. The quantitative estimate of drug-likeness (QED) is 0.668. The third kappa shape index (κ3) is 2.17. The highest BCUT2D eigenvalue weighted by Gasteiger charge is 2.51. The van der Waals surface area contributed by atoms with Gasteiger partial charge in [-0.3, -0.25) is 14.4 Å². The summed E-state index contributed by atoms with van der Waals surface area (Å²) in [5, 5.41) is 15.9. The number of rotatable bonds is 3. The lowest BCUT2D eigenvalue weighted by molar-refractivity contribution is -0.144. The predicted molar refractivity (Wildman–Crippen MR) is 68.7 cm³/mol. The van der Waals surface area contributed by atoms with Crippen LogP contribution in [0.3, 0.4) is 0 Å². The van der Waals surface area contributed by atoms with E-state index in [0.717, 1.165) is 19.3 Å². The second-order valence-corrected chi connectivity index (χ2v) is 5.79. The van der Waals surface area contributed by atoms with Crippen LogP contribution < -0.4 is 10.7 Å². The summed E-state index contributed by atoms with van der Waals surface area (Å²) in [7, 11) is 0. The van der Waals surface area contributed by atoms with E-state index < -0.39 is 11.9 Å². The van der Waals surface area contributed by atoms with Gasteiger partial charge in [-0.1, -0.05) is 0 Å². The number of carbonyl (C=O) groups is 3. The molecule has 7 heteroatoms. The molecule has 1 aliphatic heterocycles. The van der Waals surface area contributed by atoms with Crippen molar-refractivity contribution in [3.05, 3.63) is 0 Å². The summed E-state index contributed by atoms with van der Waals surface area (Å²) in [6.07, 6.45) is 3.33. The van der Waals surface area contributed by atoms with E-state index in [-0.39, 0.29) is 41.8 Å². The SMILES string of the molecule is O=C1CCC(C(=O)NC2C3CCC(C3)C2C(=O)O)=NN1. The highest BCUT2D eigenvalue weighted by atomic mass is 16.4. The fraction of sp³-hybridized carbons (Fsp3) is 0.692. The number of fused-ring (bicyclic) bond motifs is 2. The van der Waals surface area contributed by atoms with Crippen molar-refractivity contribution >= 4 is 23.5 Å². The van der Waals surface area contributed by atoms with Crippen LogP contribution in [0.4, 0.5) is 0 Å². The average Bonchev–Trinajstić information content (AvgIpc) is 3.00. The maximum atomic E-state index is 12.1. The first-order valence-electron chi connectivity index (χ1n) is 6.95. The van der Waals surface area contributed by atoms with E-state index in [2.05, 4.69) is 15.8 Å². The van der Waals surface area contributed by atoms with Crippen molar-refractivity contribution in [2.24, 2.45) is 22.9 Å². The molecule has 0 aromatic heterocycles. The van der Waals surface area contributed by atoms with Crippen molar-refractivity contribution in [1.29, 1.82) is 0 Å². The second kappa shape index (κ2) is 4.88. The van der Waals surface area contributed by atoms with Crippen molar-refractivity contribution in [3.8, 4) is 0 Å². The van der Waals surface area contributed by atoms with Crippen LogP contribution in [0.1, 0.15) is 32.1 Å². The molecule has 2 saturated carbocycles. The molecule has 3 aliphatic rings. The molecule has 20 heavy (non-hydrogen) atoms. The predicted octanol–water partition coefficient (Wildman–Crippen LogP) is -0.132. The zero-order valence-electron chi connectivity index (χ0n) is 11.0. The van der Waals surface area contributed by atoms with Gasteiger partial charge in [0.25, 0.3) is 5.91 Å². The van der Waals surface area contributed by atoms with Gasteiger partial charge in [-0.05, 0) is 31.1 Å². The van der Waals surface area contributed by atoms with E-state index >= 15 is 0 Å². The Bertz CT molecular complexity index is 502. The van der Waals surface area contributed by atoms with E-state index in [9.17, 15) is 19.5 Å². The van der Waals surface area contributed by atoms with Crippen molar-refractivity contribution in [3.63, 3.8) is 0 Å². The standard InChI is InChI=1S/C13H17N3O4/c17-9-4-3-8(15-16-9)12(18)14-11-7-2-1-6(5-7)10(11)13(19)20/h6-7,10-11H,1-5H2,(H,14,18)(H,16,17)(H,19,20). The maximum absolute atomic E-state index is 12.1. The van der Waals surface area contributed by atoms with Gasteiger partial charge < -0.3 is 10.4 Å². The molecule has 2 bridgehead atoms. The molecule has 3 N–H and O–H groups in total. The molecule has 1 heterocycles. The Balaban J connectivity index is 1.69. The van der Waals surface area contributed by atoms with Gasteiger partial charge in [0.1, 0.15) is 5.71 Å². The highest BCUT2D eigenvalue weighted by Crippen LogP contribution is 2.48. The molecule has 3 rings (SSSR count). The Morgan fingerprint density at radius 1 is 1.25 bits per heavy atom. The largest absolute Gasteiger partial charge is 0.481 e. The monoisotopic (exact) mass is 279 g/mol. The zero-order chi connectivity index (χ0) is 14.3. The van der Waals surface area contributed by atoms with E-state index in [1.807, 2.05) is 0 Å². The summed E-state index contributed by atoms with van der Waals surface area (Å²) in [6.45, 7) is 0. The van der Waals surface area contributed by atoms with Gasteiger partial charge in [0, 0.05) is 18.9 Å². The molecule has 4 atom stereocenters. The Labute approximate surface area is 115 Å². The summed E-state index contributed by atoms with van der Waals surface area (Å²) in [5.41, 5.74) is 2.55. The normalized spacial score (nSPS) is 35.4. The van der Waals surface area contributed by atoms with Crippen LogP contribution in [-0.2, 0) is 14.4 Å². The van der Waals surface area contributed by atoms with Gasteiger partial charge in [-0.15, -0.1) is 0 Å². The summed E-state index contributed by atoms with van der Waals surface area (Å²) < 4.78 is 0. The first-order chi connectivity index (χ1) is 9.56. The molecular formula is C13H17N3O4. The van der Waals surface area contributed by atoms with E-state index in [0.29, 0.717) is 6.42 Å². The molecule has 2 fully saturated rings. The Hall–Kier alpha value is -1.92. The molecule has 0 aromatic rings. The number of nitrogens with one attached hydrogen (secondary N) is 2. The van der Waals surface area contributed by atoms with Crippen LogP contribution in [0.15, 0.2) is 5.10 Å². The third-order valence-corrected chi connectivity index (χ3v) is 4.67. The van der Waals surface area contributed by atoms with Gasteiger partial charge in [-0.25, -0.2) is 5.43 Å². The van der Waals surface area contributed by atoms with Crippen molar-refractivity contribution in [2.45, 2.75) is 38.1 Å². The Morgan fingerprint density at radius 3 is 2.65 bits per heavy atom. The second-order valence-electron chi connectivity index (χ2n) is 5.79. The van der Waals surface area contributed by atoms with Gasteiger partial charge in [0.15, 0.2) is 0 Å². The van der Waals surface area contributed by atoms with Crippen LogP contribution in [-0.4, -0.2) is 34.6 Å². The van der Waals surface area contributed by atoms with E-state index in [1.165, 1.54) is 0 Å². The smallest absolute Gasteiger partial charge is 0.308 e. The lowest BCUT2D eigenvalue weighted by Crippen LogP contribution is -2.49.